The fourth-order valence-electron chi connectivity index (χ4n) is 1.89. The number of halogens is 1. The van der Waals surface area contributed by atoms with Gasteiger partial charge in [-0.05, 0) is 32.0 Å². The van der Waals surface area contributed by atoms with Gasteiger partial charge in [-0.3, -0.25) is 0 Å². The second-order valence-corrected chi connectivity index (χ2v) is 5.45. The normalized spacial score (nSPS) is 12.2. The molecule has 0 aliphatic rings. The lowest BCUT2D eigenvalue weighted by molar-refractivity contribution is 0.570. The second-order valence-electron chi connectivity index (χ2n) is 4.54. The summed E-state index contributed by atoms with van der Waals surface area (Å²) in [5.41, 5.74) is 1.77. The zero-order valence-corrected chi connectivity index (χ0v) is 12.4. The molecule has 1 unspecified atom stereocenters. The highest BCUT2D eigenvalue weighted by molar-refractivity contribution is 9.10. The Morgan fingerprint density at radius 3 is 2.84 bits per heavy atom. The molecule has 1 heterocycles. The van der Waals surface area contributed by atoms with Crippen LogP contribution in [0.3, 0.4) is 0 Å². The van der Waals surface area contributed by atoms with Crippen molar-refractivity contribution in [3.63, 3.8) is 0 Å². The fourth-order valence-corrected chi connectivity index (χ4v) is 2.29. The Hall–Kier alpha value is -1.80. The molecule has 0 bridgehead atoms. The van der Waals surface area contributed by atoms with E-state index in [4.69, 9.17) is 0 Å². The van der Waals surface area contributed by atoms with Crippen molar-refractivity contribution in [1.82, 2.24) is 9.55 Å². The average molecular weight is 319 g/mol. The second kappa shape index (κ2) is 5.89. The molecule has 5 heteroatoms. The van der Waals surface area contributed by atoms with Gasteiger partial charge in [0.2, 0.25) is 0 Å². The Balaban J connectivity index is 2.26. The molecule has 98 valence electrons. The molecular weight excluding hydrogens is 304 g/mol. The topological polar surface area (TPSA) is 53.6 Å². The van der Waals surface area contributed by atoms with Gasteiger partial charge >= 0.3 is 0 Å². The maximum absolute atomic E-state index is 9.37. The standard InChI is InChI=1S/C14H15BrN4/c1-10(2)19-9-17-8-14(19)13(7-16)18-12-5-3-4-11(15)6-12/h3-6,8-10,13,18H,1-2H3. The van der Waals surface area contributed by atoms with Crippen molar-refractivity contribution in [2.75, 3.05) is 5.32 Å². The minimum absolute atomic E-state index is 0.276. The van der Waals surface area contributed by atoms with E-state index in [-0.39, 0.29) is 6.04 Å². The molecule has 1 aromatic carbocycles. The zero-order valence-electron chi connectivity index (χ0n) is 10.8. The molecule has 1 aromatic heterocycles. The van der Waals surface area contributed by atoms with Crippen LogP contribution in [-0.2, 0) is 0 Å². The Bertz CT molecular complexity index is 597. The van der Waals surface area contributed by atoms with E-state index in [0.717, 1.165) is 15.9 Å². The third-order valence-corrected chi connectivity index (χ3v) is 3.31. The van der Waals surface area contributed by atoms with Crippen molar-refractivity contribution in [3.05, 3.63) is 47.0 Å². The molecule has 2 aromatic rings. The Kier molecular flexibility index (Phi) is 4.23. The first kappa shape index (κ1) is 13.6. The number of imidazole rings is 1. The van der Waals surface area contributed by atoms with Gasteiger partial charge in [0.05, 0.1) is 24.3 Å². The molecule has 0 amide bonds. The van der Waals surface area contributed by atoms with E-state index in [9.17, 15) is 5.26 Å². The number of aromatic nitrogens is 2. The van der Waals surface area contributed by atoms with Gasteiger partial charge in [0.25, 0.3) is 0 Å². The molecular formula is C14H15BrN4. The number of nitriles is 1. The molecule has 1 atom stereocenters. The molecule has 0 aliphatic carbocycles. The van der Waals surface area contributed by atoms with Crippen LogP contribution < -0.4 is 5.32 Å². The third kappa shape index (κ3) is 3.15. The summed E-state index contributed by atoms with van der Waals surface area (Å²) in [6, 6.07) is 9.90. The van der Waals surface area contributed by atoms with Crippen molar-refractivity contribution in [3.8, 4) is 6.07 Å². The van der Waals surface area contributed by atoms with Gasteiger partial charge in [0.15, 0.2) is 6.04 Å². The molecule has 0 aliphatic heterocycles. The zero-order chi connectivity index (χ0) is 13.8. The number of benzene rings is 1. The van der Waals surface area contributed by atoms with Crippen molar-refractivity contribution in [2.45, 2.75) is 25.9 Å². The number of rotatable bonds is 4. The van der Waals surface area contributed by atoms with Gasteiger partial charge in [0, 0.05) is 16.2 Å². The summed E-state index contributed by atoms with van der Waals surface area (Å²) >= 11 is 3.42. The molecule has 19 heavy (non-hydrogen) atoms. The first-order chi connectivity index (χ1) is 9.11. The molecule has 1 N–H and O–H groups in total. The van der Waals surface area contributed by atoms with Crippen LogP contribution >= 0.6 is 15.9 Å². The van der Waals surface area contributed by atoms with Gasteiger partial charge in [-0.1, -0.05) is 22.0 Å². The molecule has 0 saturated carbocycles. The third-order valence-electron chi connectivity index (χ3n) is 2.81. The largest absolute Gasteiger partial charge is 0.365 e. The van der Waals surface area contributed by atoms with Gasteiger partial charge in [0.1, 0.15) is 0 Å². The summed E-state index contributed by atoms with van der Waals surface area (Å²) < 4.78 is 2.98. The van der Waals surface area contributed by atoms with Gasteiger partial charge in [-0.15, -0.1) is 0 Å². The molecule has 4 nitrogen and oxygen atoms in total. The fraction of sp³-hybridized carbons (Fsp3) is 0.286. The molecule has 0 fully saturated rings. The highest BCUT2D eigenvalue weighted by Crippen LogP contribution is 2.23. The monoisotopic (exact) mass is 318 g/mol. The van der Waals surface area contributed by atoms with Crippen LogP contribution in [0, 0.1) is 11.3 Å². The molecule has 0 radical (unpaired) electrons. The lowest BCUT2D eigenvalue weighted by Crippen LogP contribution is -2.14. The van der Waals surface area contributed by atoms with Gasteiger partial charge < -0.3 is 9.88 Å². The van der Waals surface area contributed by atoms with E-state index >= 15 is 0 Å². The molecule has 0 saturated heterocycles. The van der Waals surface area contributed by atoms with E-state index in [1.165, 1.54) is 0 Å². The predicted octanol–water partition coefficient (Wildman–Crippen LogP) is 3.90. The van der Waals surface area contributed by atoms with Crippen LogP contribution in [0.25, 0.3) is 0 Å². The molecule has 2 rings (SSSR count). The summed E-state index contributed by atoms with van der Waals surface area (Å²) in [5.74, 6) is 0. The summed E-state index contributed by atoms with van der Waals surface area (Å²) in [6.07, 6.45) is 3.49. The smallest absolute Gasteiger partial charge is 0.156 e. The van der Waals surface area contributed by atoms with E-state index in [1.54, 1.807) is 12.5 Å². The Morgan fingerprint density at radius 1 is 1.42 bits per heavy atom. The van der Waals surface area contributed by atoms with E-state index < -0.39 is 6.04 Å². The first-order valence-corrected chi connectivity index (χ1v) is 6.84. The Labute approximate surface area is 121 Å². The number of hydrogen-bond donors (Lipinski definition) is 1. The van der Waals surface area contributed by atoms with E-state index in [0.29, 0.717) is 0 Å². The summed E-state index contributed by atoms with van der Waals surface area (Å²) in [7, 11) is 0. The maximum Gasteiger partial charge on any atom is 0.156 e. The number of nitrogens with zero attached hydrogens (tertiary/aromatic N) is 3. The quantitative estimate of drug-likeness (QED) is 0.930. The number of anilines is 1. The van der Waals surface area contributed by atoms with Crippen molar-refractivity contribution in [2.24, 2.45) is 0 Å². The van der Waals surface area contributed by atoms with Crippen molar-refractivity contribution < 1.29 is 0 Å². The predicted molar refractivity (Wildman–Crippen MR) is 78.7 cm³/mol. The van der Waals surface area contributed by atoms with Crippen LogP contribution in [0.2, 0.25) is 0 Å². The molecule has 0 spiro atoms. The van der Waals surface area contributed by atoms with Gasteiger partial charge in [-0.2, -0.15) is 5.26 Å². The van der Waals surface area contributed by atoms with Crippen LogP contribution in [-0.4, -0.2) is 9.55 Å². The van der Waals surface area contributed by atoms with Crippen LogP contribution in [0.1, 0.15) is 31.6 Å². The van der Waals surface area contributed by atoms with Crippen molar-refractivity contribution in [1.29, 1.82) is 5.26 Å². The lowest BCUT2D eigenvalue weighted by atomic mass is 10.2. The summed E-state index contributed by atoms with van der Waals surface area (Å²) in [6.45, 7) is 4.14. The maximum atomic E-state index is 9.37. The van der Waals surface area contributed by atoms with Crippen LogP contribution in [0.5, 0.6) is 0 Å². The minimum Gasteiger partial charge on any atom is -0.365 e. The number of nitrogens with one attached hydrogen (secondary N) is 1. The Morgan fingerprint density at radius 2 is 2.21 bits per heavy atom. The summed E-state index contributed by atoms with van der Waals surface area (Å²) in [5, 5.41) is 12.6. The highest BCUT2D eigenvalue weighted by Gasteiger charge is 2.16. The highest BCUT2D eigenvalue weighted by atomic mass is 79.9. The van der Waals surface area contributed by atoms with Crippen LogP contribution in [0.15, 0.2) is 41.3 Å². The first-order valence-electron chi connectivity index (χ1n) is 6.05. The average Bonchev–Trinajstić information content (AvgIpc) is 2.85. The summed E-state index contributed by atoms with van der Waals surface area (Å²) in [4.78, 5) is 4.13. The van der Waals surface area contributed by atoms with Crippen molar-refractivity contribution >= 4 is 21.6 Å². The van der Waals surface area contributed by atoms with E-state index in [2.05, 4.69) is 46.1 Å². The van der Waals surface area contributed by atoms with Gasteiger partial charge in [-0.25, -0.2) is 4.98 Å². The lowest BCUT2D eigenvalue weighted by Gasteiger charge is -2.17. The number of hydrogen-bond acceptors (Lipinski definition) is 3. The van der Waals surface area contributed by atoms with Crippen LogP contribution in [0.4, 0.5) is 5.69 Å². The minimum atomic E-state index is -0.417. The van der Waals surface area contributed by atoms with E-state index in [1.807, 2.05) is 28.8 Å². The SMILES string of the molecule is CC(C)n1cncc1C(C#N)Nc1cccc(Br)c1.